The van der Waals surface area contributed by atoms with Gasteiger partial charge in [0.15, 0.2) is 0 Å². The second kappa shape index (κ2) is 9.16. The van der Waals surface area contributed by atoms with Gasteiger partial charge in [-0.15, -0.1) is 0 Å². The van der Waals surface area contributed by atoms with Crippen molar-refractivity contribution >= 4 is 29.2 Å². The number of anilines is 1. The standard InChI is InChI=1S/C24H22ClN3O4/c1-13-10-17(25)18(11-14(13)2)28-21(24(30)32-4)20(23(29)31-3)19(16(12-26)22(28)27)15-8-6-5-7-9-15/h5-11,19H,27H2,1-4H3. The van der Waals surface area contributed by atoms with Gasteiger partial charge in [-0.05, 0) is 42.7 Å². The smallest absolute Gasteiger partial charge is 0.355 e. The average molecular weight is 452 g/mol. The van der Waals surface area contributed by atoms with Gasteiger partial charge in [0.05, 0.1) is 48.1 Å². The fourth-order valence-electron chi connectivity index (χ4n) is 3.70. The lowest BCUT2D eigenvalue weighted by molar-refractivity contribution is -0.139. The summed E-state index contributed by atoms with van der Waals surface area (Å²) >= 11 is 6.53. The predicted octanol–water partition coefficient (Wildman–Crippen LogP) is 3.85. The number of hydrogen-bond acceptors (Lipinski definition) is 7. The molecule has 7 nitrogen and oxygen atoms in total. The van der Waals surface area contributed by atoms with Crippen molar-refractivity contribution in [2.24, 2.45) is 5.73 Å². The van der Waals surface area contributed by atoms with Crippen molar-refractivity contribution in [3.63, 3.8) is 0 Å². The number of nitrogens with zero attached hydrogens (tertiary/aromatic N) is 2. The van der Waals surface area contributed by atoms with Crippen LogP contribution in [0, 0.1) is 25.2 Å². The van der Waals surface area contributed by atoms with E-state index in [9.17, 15) is 14.9 Å². The lowest BCUT2D eigenvalue weighted by atomic mass is 9.81. The van der Waals surface area contributed by atoms with Gasteiger partial charge < -0.3 is 15.2 Å². The first-order chi connectivity index (χ1) is 15.3. The molecule has 0 radical (unpaired) electrons. The maximum atomic E-state index is 13.0. The van der Waals surface area contributed by atoms with Crippen LogP contribution in [0.5, 0.6) is 0 Å². The highest BCUT2D eigenvalue weighted by molar-refractivity contribution is 6.33. The molecule has 0 aromatic heterocycles. The van der Waals surface area contributed by atoms with Gasteiger partial charge in [0.1, 0.15) is 11.5 Å². The first-order valence-electron chi connectivity index (χ1n) is 9.69. The van der Waals surface area contributed by atoms with E-state index in [0.29, 0.717) is 11.3 Å². The van der Waals surface area contributed by atoms with Crippen molar-refractivity contribution in [1.82, 2.24) is 0 Å². The van der Waals surface area contributed by atoms with E-state index in [-0.39, 0.29) is 27.7 Å². The summed E-state index contributed by atoms with van der Waals surface area (Å²) in [4.78, 5) is 27.3. The molecular weight excluding hydrogens is 430 g/mol. The Balaban J connectivity index is 2.46. The summed E-state index contributed by atoms with van der Waals surface area (Å²) < 4.78 is 10.0. The number of aryl methyl sites for hydroxylation is 2. The molecule has 2 aromatic rings. The highest BCUT2D eigenvalue weighted by Crippen LogP contribution is 2.45. The van der Waals surface area contributed by atoms with Crippen LogP contribution >= 0.6 is 11.6 Å². The fraction of sp³-hybridized carbons (Fsp3) is 0.208. The monoisotopic (exact) mass is 451 g/mol. The van der Waals surface area contributed by atoms with Crippen molar-refractivity contribution < 1.29 is 19.1 Å². The molecule has 164 valence electrons. The molecule has 0 aliphatic carbocycles. The largest absolute Gasteiger partial charge is 0.466 e. The number of ether oxygens (including phenoxy) is 2. The number of halogens is 1. The zero-order valence-electron chi connectivity index (χ0n) is 18.1. The molecule has 32 heavy (non-hydrogen) atoms. The van der Waals surface area contributed by atoms with Gasteiger partial charge in [-0.3, -0.25) is 4.90 Å². The van der Waals surface area contributed by atoms with Gasteiger partial charge in [0, 0.05) is 0 Å². The fourth-order valence-corrected chi connectivity index (χ4v) is 4.00. The van der Waals surface area contributed by atoms with E-state index in [1.54, 1.807) is 42.5 Å². The molecule has 1 aliphatic heterocycles. The van der Waals surface area contributed by atoms with E-state index < -0.39 is 17.9 Å². The summed E-state index contributed by atoms with van der Waals surface area (Å²) in [5, 5.41) is 10.3. The molecule has 3 rings (SSSR count). The van der Waals surface area contributed by atoms with Gasteiger partial charge >= 0.3 is 11.9 Å². The molecule has 0 fully saturated rings. The number of allylic oxidation sites excluding steroid dienone is 1. The zero-order chi connectivity index (χ0) is 23.6. The Hall–Kier alpha value is -3.76. The normalized spacial score (nSPS) is 16.0. The van der Waals surface area contributed by atoms with E-state index in [2.05, 4.69) is 6.07 Å². The number of hydrogen-bond donors (Lipinski definition) is 1. The molecule has 1 aliphatic rings. The third-order valence-electron chi connectivity index (χ3n) is 5.41. The van der Waals surface area contributed by atoms with Crippen LogP contribution in [0.15, 0.2) is 65.1 Å². The average Bonchev–Trinajstić information content (AvgIpc) is 2.80. The van der Waals surface area contributed by atoms with E-state index in [1.165, 1.54) is 19.1 Å². The summed E-state index contributed by atoms with van der Waals surface area (Å²) in [6, 6.07) is 14.4. The number of rotatable bonds is 4. The number of nitrogens with two attached hydrogens (primary N) is 1. The molecule has 8 heteroatoms. The van der Waals surface area contributed by atoms with Crippen LogP contribution in [0.1, 0.15) is 22.6 Å². The molecule has 0 spiro atoms. The van der Waals surface area contributed by atoms with Crippen LogP contribution in [0.4, 0.5) is 5.69 Å². The molecule has 0 bridgehead atoms. The molecule has 0 saturated carbocycles. The Labute approximate surface area is 191 Å². The highest BCUT2D eigenvalue weighted by atomic mass is 35.5. The second-order valence-corrected chi connectivity index (χ2v) is 7.63. The van der Waals surface area contributed by atoms with Crippen molar-refractivity contribution in [1.29, 1.82) is 5.26 Å². The SMILES string of the molecule is COC(=O)C1=C(C(=O)OC)N(c2cc(C)c(C)cc2Cl)C(N)=C(C#N)C1c1ccccc1. The van der Waals surface area contributed by atoms with Crippen LogP contribution in [-0.4, -0.2) is 26.2 Å². The Kier molecular flexibility index (Phi) is 6.56. The predicted molar refractivity (Wildman–Crippen MR) is 120 cm³/mol. The molecular formula is C24H22ClN3O4. The number of benzene rings is 2. The van der Waals surface area contributed by atoms with Crippen LogP contribution in [0.3, 0.4) is 0 Å². The van der Waals surface area contributed by atoms with Gasteiger partial charge in [-0.25, -0.2) is 9.59 Å². The van der Waals surface area contributed by atoms with E-state index in [4.69, 9.17) is 26.8 Å². The van der Waals surface area contributed by atoms with Crippen LogP contribution in [-0.2, 0) is 19.1 Å². The quantitative estimate of drug-likeness (QED) is 0.703. The first-order valence-corrected chi connectivity index (χ1v) is 10.1. The van der Waals surface area contributed by atoms with Gasteiger partial charge in [0.25, 0.3) is 0 Å². The molecule has 1 heterocycles. The Morgan fingerprint density at radius 1 is 1.06 bits per heavy atom. The van der Waals surface area contributed by atoms with E-state index in [0.717, 1.165) is 11.1 Å². The molecule has 1 unspecified atom stereocenters. The third kappa shape index (κ3) is 3.81. The minimum Gasteiger partial charge on any atom is -0.466 e. The summed E-state index contributed by atoms with van der Waals surface area (Å²) in [6.07, 6.45) is 0. The number of carbonyl (C=O) groups is 2. The lowest BCUT2D eigenvalue weighted by Crippen LogP contribution is -2.41. The zero-order valence-corrected chi connectivity index (χ0v) is 18.9. The first kappa shape index (κ1) is 22.9. The van der Waals surface area contributed by atoms with Crippen molar-refractivity contribution in [2.75, 3.05) is 19.1 Å². The molecule has 1 atom stereocenters. The van der Waals surface area contributed by atoms with E-state index in [1.807, 2.05) is 13.8 Å². The summed E-state index contributed by atoms with van der Waals surface area (Å²) in [5.41, 5.74) is 9.07. The minimum absolute atomic E-state index is 0.0282. The van der Waals surface area contributed by atoms with E-state index >= 15 is 0 Å². The number of nitriles is 1. The summed E-state index contributed by atoms with van der Waals surface area (Å²) in [5.74, 6) is -2.56. The molecule has 2 N–H and O–H groups in total. The van der Waals surface area contributed by atoms with Gasteiger partial charge in [-0.1, -0.05) is 41.9 Å². The van der Waals surface area contributed by atoms with Crippen molar-refractivity contribution in [2.45, 2.75) is 19.8 Å². The van der Waals surface area contributed by atoms with Crippen LogP contribution in [0.25, 0.3) is 0 Å². The number of carbonyl (C=O) groups excluding carboxylic acids is 2. The van der Waals surface area contributed by atoms with Gasteiger partial charge in [0.2, 0.25) is 0 Å². The third-order valence-corrected chi connectivity index (χ3v) is 5.72. The Morgan fingerprint density at radius 2 is 1.66 bits per heavy atom. The maximum Gasteiger partial charge on any atom is 0.355 e. The van der Waals surface area contributed by atoms with Crippen LogP contribution < -0.4 is 10.6 Å². The van der Waals surface area contributed by atoms with Gasteiger partial charge in [-0.2, -0.15) is 5.26 Å². The topological polar surface area (TPSA) is 106 Å². The summed E-state index contributed by atoms with van der Waals surface area (Å²) in [7, 11) is 2.40. The second-order valence-electron chi connectivity index (χ2n) is 7.22. The summed E-state index contributed by atoms with van der Waals surface area (Å²) in [6.45, 7) is 3.77. The van der Waals surface area contributed by atoms with Crippen molar-refractivity contribution in [3.8, 4) is 6.07 Å². The van der Waals surface area contributed by atoms with Crippen LogP contribution in [0.2, 0.25) is 5.02 Å². The van der Waals surface area contributed by atoms with Crippen molar-refractivity contribution in [3.05, 3.63) is 86.8 Å². The Morgan fingerprint density at radius 3 is 2.22 bits per heavy atom. The lowest BCUT2D eigenvalue weighted by Gasteiger charge is -2.36. The maximum absolute atomic E-state index is 13.0. The number of esters is 2. The minimum atomic E-state index is -0.927. The highest BCUT2D eigenvalue weighted by Gasteiger charge is 2.43. The molecule has 0 amide bonds. The molecule has 2 aromatic carbocycles. The number of methoxy groups -OCH3 is 2. The Bertz CT molecular complexity index is 1200. The molecule has 0 saturated heterocycles.